The maximum Gasteiger partial charge on any atom is 0.0787 e. The molecule has 1 aliphatic heterocycles. The largest absolute Gasteiger partial charge is 0.393 e. The molecule has 2 N–H and O–H groups in total. The van der Waals surface area contributed by atoms with E-state index in [1.165, 1.54) is 5.69 Å². The fourth-order valence-electron chi connectivity index (χ4n) is 2.78. The van der Waals surface area contributed by atoms with Gasteiger partial charge in [-0.2, -0.15) is 0 Å². The third-order valence-electron chi connectivity index (χ3n) is 4.25. The van der Waals surface area contributed by atoms with Gasteiger partial charge in [-0.05, 0) is 49.8 Å². The Morgan fingerprint density at radius 2 is 1.74 bits per heavy atom. The van der Waals surface area contributed by atoms with E-state index < -0.39 is 0 Å². The van der Waals surface area contributed by atoms with Gasteiger partial charge in [0.1, 0.15) is 0 Å². The third-order valence-corrected chi connectivity index (χ3v) is 4.25. The van der Waals surface area contributed by atoms with E-state index in [4.69, 9.17) is 0 Å². The summed E-state index contributed by atoms with van der Waals surface area (Å²) in [4.78, 5) is 2.36. The molecule has 0 aromatic heterocycles. The molecule has 1 aromatic rings. The molecule has 1 aliphatic rings. The van der Waals surface area contributed by atoms with Crippen LogP contribution < -0.4 is 4.90 Å². The smallest absolute Gasteiger partial charge is 0.0787 e. The van der Waals surface area contributed by atoms with Crippen LogP contribution in [0.15, 0.2) is 24.3 Å². The zero-order valence-electron chi connectivity index (χ0n) is 11.9. The lowest BCUT2D eigenvalue weighted by Crippen LogP contribution is -2.37. The molecule has 0 bridgehead atoms. The van der Waals surface area contributed by atoms with Crippen molar-refractivity contribution in [3.8, 4) is 0 Å². The summed E-state index contributed by atoms with van der Waals surface area (Å²) in [6.45, 7) is 5.89. The molecule has 1 fully saturated rings. The topological polar surface area (TPSA) is 43.7 Å². The molecule has 0 radical (unpaired) electrons. The zero-order chi connectivity index (χ0) is 13.8. The summed E-state index contributed by atoms with van der Waals surface area (Å²) >= 11 is 0. The lowest BCUT2D eigenvalue weighted by Gasteiger charge is -2.34. The Bertz CT molecular complexity index is 380. The van der Waals surface area contributed by atoms with Gasteiger partial charge in [0.15, 0.2) is 0 Å². The molecular weight excluding hydrogens is 238 g/mol. The minimum Gasteiger partial charge on any atom is -0.393 e. The Hall–Kier alpha value is -1.06. The quantitative estimate of drug-likeness (QED) is 0.878. The average molecular weight is 263 g/mol. The summed E-state index contributed by atoms with van der Waals surface area (Å²) in [6.07, 6.45) is 2.31. The van der Waals surface area contributed by atoms with E-state index in [0.717, 1.165) is 37.9 Å². The summed E-state index contributed by atoms with van der Waals surface area (Å²) < 4.78 is 0. The second kappa shape index (κ2) is 6.40. The van der Waals surface area contributed by atoms with Crippen LogP contribution in [-0.4, -0.2) is 29.4 Å². The SMILES string of the molecule is CC[C@@H](O)c1ccc(N2CCC(C(C)O)CC2)cc1. The summed E-state index contributed by atoms with van der Waals surface area (Å²) in [6, 6.07) is 8.22. The van der Waals surface area contributed by atoms with Crippen molar-refractivity contribution in [1.29, 1.82) is 0 Å². The van der Waals surface area contributed by atoms with Crippen LogP contribution in [0.25, 0.3) is 0 Å². The van der Waals surface area contributed by atoms with Gasteiger partial charge in [0.25, 0.3) is 0 Å². The van der Waals surface area contributed by atoms with Crippen molar-refractivity contribution >= 4 is 5.69 Å². The first-order chi connectivity index (χ1) is 9.11. The van der Waals surface area contributed by atoms with Crippen LogP contribution in [0.2, 0.25) is 0 Å². The summed E-state index contributed by atoms with van der Waals surface area (Å²) in [5.74, 6) is 0.442. The van der Waals surface area contributed by atoms with E-state index in [1.807, 2.05) is 26.0 Å². The van der Waals surface area contributed by atoms with E-state index in [2.05, 4.69) is 17.0 Å². The van der Waals surface area contributed by atoms with Crippen LogP contribution in [0.1, 0.15) is 44.8 Å². The van der Waals surface area contributed by atoms with Gasteiger partial charge >= 0.3 is 0 Å². The van der Waals surface area contributed by atoms with Crippen molar-refractivity contribution in [3.05, 3.63) is 29.8 Å². The summed E-state index contributed by atoms with van der Waals surface area (Å²) in [7, 11) is 0. The van der Waals surface area contributed by atoms with Crippen LogP contribution in [-0.2, 0) is 0 Å². The second-order valence-electron chi connectivity index (χ2n) is 5.58. The highest BCUT2D eigenvalue weighted by atomic mass is 16.3. The molecule has 106 valence electrons. The molecule has 0 amide bonds. The third kappa shape index (κ3) is 3.48. The van der Waals surface area contributed by atoms with Crippen molar-refractivity contribution in [3.63, 3.8) is 0 Å². The zero-order valence-corrected chi connectivity index (χ0v) is 11.9. The van der Waals surface area contributed by atoms with Gasteiger partial charge in [0.05, 0.1) is 12.2 Å². The first-order valence-corrected chi connectivity index (χ1v) is 7.33. The van der Waals surface area contributed by atoms with Gasteiger partial charge in [0.2, 0.25) is 0 Å². The number of hydrogen-bond acceptors (Lipinski definition) is 3. The molecule has 2 atom stereocenters. The monoisotopic (exact) mass is 263 g/mol. The number of benzene rings is 1. The van der Waals surface area contributed by atoms with Crippen molar-refractivity contribution in [1.82, 2.24) is 0 Å². The predicted octanol–water partition coefficient (Wildman–Crippen LogP) is 2.73. The highest BCUT2D eigenvalue weighted by Gasteiger charge is 2.22. The molecular formula is C16H25NO2. The van der Waals surface area contributed by atoms with Crippen molar-refractivity contribution < 1.29 is 10.2 Å². The number of aliphatic hydroxyl groups is 2. The van der Waals surface area contributed by atoms with Crippen molar-refractivity contribution in [2.24, 2.45) is 5.92 Å². The maximum atomic E-state index is 9.78. The fourth-order valence-corrected chi connectivity index (χ4v) is 2.78. The van der Waals surface area contributed by atoms with Crippen LogP contribution in [0.4, 0.5) is 5.69 Å². The van der Waals surface area contributed by atoms with Crippen molar-refractivity contribution in [2.75, 3.05) is 18.0 Å². The molecule has 0 spiro atoms. The Morgan fingerprint density at radius 1 is 1.16 bits per heavy atom. The van der Waals surface area contributed by atoms with Crippen LogP contribution in [0, 0.1) is 5.92 Å². The van der Waals surface area contributed by atoms with Crippen LogP contribution in [0.3, 0.4) is 0 Å². The molecule has 2 rings (SSSR count). The fraction of sp³-hybridized carbons (Fsp3) is 0.625. The Labute approximate surface area is 115 Å². The number of aliphatic hydroxyl groups excluding tert-OH is 2. The second-order valence-corrected chi connectivity index (χ2v) is 5.58. The number of piperidine rings is 1. The number of anilines is 1. The Balaban J connectivity index is 1.96. The van der Waals surface area contributed by atoms with E-state index in [-0.39, 0.29) is 12.2 Å². The lowest BCUT2D eigenvalue weighted by molar-refractivity contribution is 0.110. The molecule has 0 saturated carbocycles. The highest BCUT2D eigenvalue weighted by molar-refractivity contribution is 5.48. The number of nitrogens with zero attached hydrogens (tertiary/aromatic N) is 1. The molecule has 19 heavy (non-hydrogen) atoms. The maximum absolute atomic E-state index is 9.78. The Kier molecular flexibility index (Phi) is 4.83. The summed E-state index contributed by atoms with van der Waals surface area (Å²) in [5.41, 5.74) is 2.21. The van der Waals surface area contributed by atoms with Crippen LogP contribution >= 0.6 is 0 Å². The summed E-state index contributed by atoms with van der Waals surface area (Å²) in [5, 5.41) is 19.4. The first kappa shape index (κ1) is 14.4. The van der Waals surface area contributed by atoms with Gasteiger partial charge in [-0.15, -0.1) is 0 Å². The molecule has 1 aromatic carbocycles. The van der Waals surface area contributed by atoms with Gasteiger partial charge in [-0.1, -0.05) is 19.1 Å². The first-order valence-electron chi connectivity index (χ1n) is 7.33. The standard InChI is InChI=1S/C16H25NO2/c1-3-16(19)14-4-6-15(7-5-14)17-10-8-13(9-11-17)12(2)18/h4-7,12-13,16,18-19H,3,8-11H2,1-2H3/t12?,16-/m1/s1. The number of hydrogen-bond donors (Lipinski definition) is 2. The van der Waals surface area contributed by atoms with E-state index in [9.17, 15) is 10.2 Å². The lowest BCUT2D eigenvalue weighted by atomic mass is 9.92. The minimum absolute atomic E-state index is 0.191. The number of rotatable bonds is 4. The molecule has 1 unspecified atom stereocenters. The normalized spacial score (nSPS) is 20.3. The molecule has 0 aliphatic carbocycles. The van der Waals surface area contributed by atoms with E-state index >= 15 is 0 Å². The molecule has 3 heteroatoms. The van der Waals surface area contributed by atoms with Gasteiger partial charge in [0, 0.05) is 18.8 Å². The molecule has 3 nitrogen and oxygen atoms in total. The molecule has 1 heterocycles. The Morgan fingerprint density at radius 3 is 2.21 bits per heavy atom. The van der Waals surface area contributed by atoms with E-state index in [1.54, 1.807) is 0 Å². The average Bonchev–Trinajstić information content (AvgIpc) is 2.46. The predicted molar refractivity (Wildman–Crippen MR) is 78.3 cm³/mol. The van der Waals surface area contributed by atoms with Gasteiger partial charge in [-0.25, -0.2) is 0 Å². The van der Waals surface area contributed by atoms with Gasteiger partial charge < -0.3 is 15.1 Å². The van der Waals surface area contributed by atoms with E-state index in [0.29, 0.717) is 5.92 Å². The van der Waals surface area contributed by atoms with Crippen molar-refractivity contribution in [2.45, 2.75) is 45.3 Å². The molecule has 1 saturated heterocycles. The van der Waals surface area contributed by atoms with Gasteiger partial charge in [-0.3, -0.25) is 0 Å². The highest BCUT2D eigenvalue weighted by Crippen LogP contribution is 2.26. The minimum atomic E-state index is -0.352. The van der Waals surface area contributed by atoms with Crippen LogP contribution in [0.5, 0.6) is 0 Å².